The van der Waals surface area contributed by atoms with Crippen LogP contribution in [0.4, 0.5) is 10.2 Å². The van der Waals surface area contributed by atoms with Gasteiger partial charge >= 0.3 is 0 Å². The summed E-state index contributed by atoms with van der Waals surface area (Å²) in [6.45, 7) is 3.40. The second-order valence-corrected chi connectivity index (χ2v) is 3.03. The Labute approximate surface area is 82.6 Å². The van der Waals surface area contributed by atoms with Crippen LogP contribution in [0.5, 0.6) is 0 Å². The van der Waals surface area contributed by atoms with Gasteiger partial charge in [-0.2, -0.15) is 5.26 Å². The van der Waals surface area contributed by atoms with Crippen molar-refractivity contribution in [2.24, 2.45) is 0 Å². The van der Waals surface area contributed by atoms with Gasteiger partial charge in [-0.25, -0.2) is 9.37 Å². The number of nitrogens with zero attached hydrogens (tertiary/aromatic N) is 2. The van der Waals surface area contributed by atoms with Crippen molar-refractivity contribution < 1.29 is 4.39 Å². The van der Waals surface area contributed by atoms with Crippen molar-refractivity contribution in [3.63, 3.8) is 0 Å². The maximum absolute atomic E-state index is 11.9. The number of anilines is 1. The first-order valence-electron chi connectivity index (χ1n) is 4.37. The third-order valence-electron chi connectivity index (χ3n) is 1.84. The monoisotopic (exact) mass is 193 g/mol. The Morgan fingerprint density at radius 1 is 1.57 bits per heavy atom. The standard InChI is InChI=1S/C10H12FN3/c1-7-5-8(2)14-10(9(7)6-12)13-4-3-11/h5H,3-4H2,1-2H3,(H,13,14). The maximum Gasteiger partial charge on any atom is 0.144 e. The second kappa shape index (κ2) is 4.56. The maximum atomic E-state index is 11.9. The van der Waals surface area contributed by atoms with Gasteiger partial charge < -0.3 is 5.32 Å². The molecule has 0 aromatic carbocycles. The number of hydrogen-bond acceptors (Lipinski definition) is 3. The molecule has 0 bridgehead atoms. The Bertz CT molecular complexity index is 368. The Kier molecular flexibility index (Phi) is 3.41. The van der Waals surface area contributed by atoms with Crippen LogP contribution in [0.1, 0.15) is 16.8 Å². The van der Waals surface area contributed by atoms with Crippen LogP contribution >= 0.6 is 0 Å². The first kappa shape index (κ1) is 10.5. The number of pyridine rings is 1. The Hall–Kier alpha value is -1.63. The fourth-order valence-corrected chi connectivity index (χ4v) is 1.27. The lowest BCUT2D eigenvalue weighted by atomic mass is 10.1. The minimum Gasteiger partial charge on any atom is -0.366 e. The molecular weight excluding hydrogens is 181 g/mol. The van der Waals surface area contributed by atoms with Crippen molar-refractivity contribution in [2.45, 2.75) is 13.8 Å². The van der Waals surface area contributed by atoms with Crippen molar-refractivity contribution in [2.75, 3.05) is 18.5 Å². The zero-order valence-electron chi connectivity index (χ0n) is 8.26. The summed E-state index contributed by atoms with van der Waals surface area (Å²) in [4.78, 5) is 4.14. The van der Waals surface area contributed by atoms with Gasteiger partial charge in [0.25, 0.3) is 0 Å². The molecule has 0 amide bonds. The lowest BCUT2D eigenvalue weighted by molar-refractivity contribution is 0.512. The molecule has 0 atom stereocenters. The first-order chi connectivity index (χ1) is 6.69. The highest BCUT2D eigenvalue weighted by Crippen LogP contribution is 2.16. The molecule has 14 heavy (non-hydrogen) atoms. The van der Waals surface area contributed by atoms with Crippen LogP contribution in [0, 0.1) is 25.2 Å². The smallest absolute Gasteiger partial charge is 0.144 e. The minimum atomic E-state index is -0.473. The number of hydrogen-bond donors (Lipinski definition) is 1. The van der Waals surface area contributed by atoms with Crippen LogP contribution < -0.4 is 5.32 Å². The molecular formula is C10H12FN3. The molecule has 0 saturated heterocycles. The molecule has 1 rings (SSSR count). The molecule has 4 heteroatoms. The molecule has 0 aliphatic rings. The summed E-state index contributed by atoms with van der Waals surface area (Å²) in [6.07, 6.45) is 0. The van der Waals surface area contributed by atoms with Gasteiger partial charge in [0, 0.05) is 12.2 Å². The first-order valence-corrected chi connectivity index (χ1v) is 4.37. The molecule has 0 spiro atoms. The number of aromatic nitrogens is 1. The van der Waals surface area contributed by atoms with Gasteiger partial charge in [0.05, 0.1) is 5.56 Å². The van der Waals surface area contributed by atoms with E-state index in [0.717, 1.165) is 11.3 Å². The zero-order valence-corrected chi connectivity index (χ0v) is 8.26. The van der Waals surface area contributed by atoms with E-state index in [-0.39, 0.29) is 6.54 Å². The van der Waals surface area contributed by atoms with Crippen LogP contribution in [0.3, 0.4) is 0 Å². The normalized spacial score (nSPS) is 9.57. The summed E-state index contributed by atoms with van der Waals surface area (Å²) in [5.41, 5.74) is 2.17. The fraction of sp³-hybridized carbons (Fsp3) is 0.400. The summed E-state index contributed by atoms with van der Waals surface area (Å²) >= 11 is 0. The van der Waals surface area contributed by atoms with E-state index in [1.54, 1.807) is 0 Å². The molecule has 0 saturated carbocycles. The molecule has 0 aliphatic carbocycles. The summed E-state index contributed by atoms with van der Waals surface area (Å²) in [6, 6.07) is 3.89. The highest BCUT2D eigenvalue weighted by atomic mass is 19.1. The van der Waals surface area contributed by atoms with Gasteiger partial charge in [0.15, 0.2) is 0 Å². The highest BCUT2D eigenvalue weighted by molar-refractivity contribution is 5.56. The fourth-order valence-electron chi connectivity index (χ4n) is 1.27. The van der Waals surface area contributed by atoms with Gasteiger partial charge in [-0.15, -0.1) is 0 Å². The average molecular weight is 193 g/mol. The Morgan fingerprint density at radius 3 is 2.86 bits per heavy atom. The van der Waals surface area contributed by atoms with Crippen LogP contribution in [-0.2, 0) is 0 Å². The molecule has 3 nitrogen and oxygen atoms in total. The predicted octanol–water partition coefficient (Wildman–Crippen LogP) is 1.95. The van der Waals surface area contributed by atoms with E-state index in [0.29, 0.717) is 11.4 Å². The van der Waals surface area contributed by atoms with Gasteiger partial charge in [-0.3, -0.25) is 0 Å². The summed E-state index contributed by atoms with van der Waals surface area (Å²) in [5.74, 6) is 0.475. The zero-order chi connectivity index (χ0) is 10.6. The topological polar surface area (TPSA) is 48.7 Å². The third kappa shape index (κ3) is 2.19. The van der Waals surface area contributed by atoms with E-state index in [9.17, 15) is 4.39 Å². The van der Waals surface area contributed by atoms with Gasteiger partial charge in [-0.05, 0) is 25.5 Å². The quantitative estimate of drug-likeness (QED) is 0.798. The lowest BCUT2D eigenvalue weighted by Crippen LogP contribution is -2.08. The van der Waals surface area contributed by atoms with Gasteiger partial charge in [-0.1, -0.05) is 0 Å². The average Bonchev–Trinajstić information content (AvgIpc) is 2.14. The van der Waals surface area contributed by atoms with Gasteiger partial charge in [0.1, 0.15) is 18.6 Å². The molecule has 1 aromatic rings. The molecule has 74 valence electrons. The largest absolute Gasteiger partial charge is 0.366 e. The lowest BCUT2D eigenvalue weighted by Gasteiger charge is -2.08. The molecule has 0 unspecified atom stereocenters. The van der Waals surface area contributed by atoms with Crippen LogP contribution in [0.2, 0.25) is 0 Å². The van der Waals surface area contributed by atoms with E-state index in [1.165, 1.54) is 0 Å². The van der Waals surface area contributed by atoms with E-state index in [2.05, 4.69) is 16.4 Å². The Balaban J connectivity index is 3.07. The second-order valence-electron chi connectivity index (χ2n) is 3.03. The van der Waals surface area contributed by atoms with Crippen molar-refractivity contribution in [1.82, 2.24) is 4.98 Å². The molecule has 1 N–H and O–H groups in total. The van der Waals surface area contributed by atoms with E-state index in [4.69, 9.17) is 5.26 Å². The summed E-state index contributed by atoms with van der Waals surface area (Å²) in [7, 11) is 0. The molecule has 0 fully saturated rings. The third-order valence-corrected chi connectivity index (χ3v) is 1.84. The number of aryl methyl sites for hydroxylation is 2. The van der Waals surface area contributed by atoms with E-state index < -0.39 is 6.67 Å². The van der Waals surface area contributed by atoms with Crippen LogP contribution in [0.25, 0.3) is 0 Å². The van der Waals surface area contributed by atoms with Crippen molar-refractivity contribution >= 4 is 5.82 Å². The molecule has 1 aromatic heterocycles. The van der Waals surface area contributed by atoms with Gasteiger partial charge in [0.2, 0.25) is 0 Å². The molecule has 0 radical (unpaired) electrons. The number of rotatable bonds is 3. The van der Waals surface area contributed by atoms with Crippen molar-refractivity contribution in [3.05, 3.63) is 22.9 Å². The van der Waals surface area contributed by atoms with Crippen LogP contribution in [0.15, 0.2) is 6.07 Å². The number of nitriles is 1. The van der Waals surface area contributed by atoms with E-state index >= 15 is 0 Å². The highest BCUT2D eigenvalue weighted by Gasteiger charge is 2.07. The Morgan fingerprint density at radius 2 is 2.29 bits per heavy atom. The van der Waals surface area contributed by atoms with Crippen molar-refractivity contribution in [1.29, 1.82) is 5.26 Å². The summed E-state index contributed by atoms with van der Waals surface area (Å²) < 4.78 is 11.9. The number of nitrogens with one attached hydrogen (secondary N) is 1. The molecule has 0 aliphatic heterocycles. The minimum absolute atomic E-state index is 0.185. The molecule has 1 heterocycles. The predicted molar refractivity (Wildman–Crippen MR) is 52.9 cm³/mol. The van der Waals surface area contributed by atoms with Crippen LogP contribution in [-0.4, -0.2) is 18.2 Å². The number of halogens is 1. The SMILES string of the molecule is Cc1cc(C)c(C#N)c(NCCF)n1. The summed E-state index contributed by atoms with van der Waals surface area (Å²) in [5, 5.41) is 11.7. The van der Waals surface area contributed by atoms with E-state index in [1.807, 2.05) is 19.9 Å². The van der Waals surface area contributed by atoms with Crippen molar-refractivity contribution in [3.8, 4) is 6.07 Å². The number of alkyl halides is 1.